The zero-order chi connectivity index (χ0) is 20.6. The number of hydrogen-bond donors (Lipinski definition) is 2. The normalized spacial score (nSPS) is 12.2. The van der Waals surface area contributed by atoms with E-state index in [4.69, 9.17) is 4.74 Å². The third-order valence-electron chi connectivity index (χ3n) is 5.28. The van der Waals surface area contributed by atoms with Gasteiger partial charge in [-0.3, -0.25) is 0 Å². The standard InChI is InChI=1S/C27H27NO2/c29-26(21-30-27-16-15-24-13-7-8-14-25(24)17-27)20-28(18-22-9-3-1-4-10-22)19-23-11-5-2-6-12-23/h1-17,26,29H,18-21H2/p+1/t26-/m1/s1. The Morgan fingerprint density at radius 2 is 1.23 bits per heavy atom. The molecule has 2 N–H and O–H groups in total. The third-order valence-corrected chi connectivity index (χ3v) is 5.28. The van der Waals surface area contributed by atoms with Crippen LogP contribution in [0.5, 0.6) is 5.75 Å². The Hall–Kier alpha value is -3.14. The van der Waals surface area contributed by atoms with Gasteiger partial charge in [0, 0.05) is 11.1 Å². The summed E-state index contributed by atoms with van der Waals surface area (Å²) in [7, 11) is 0. The summed E-state index contributed by atoms with van der Waals surface area (Å²) in [6.45, 7) is 2.63. The zero-order valence-electron chi connectivity index (χ0n) is 17.1. The molecule has 3 nitrogen and oxygen atoms in total. The minimum absolute atomic E-state index is 0.283. The van der Waals surface area contributed by atoms with Crippen LogP contribution in [0.15, 0.2) is 103 Å². The zero-order valence-corrected chi connectivity index (χ0v) is 17.1. The molecular weight excluding hydrogens is 370 g/mol. The summed E-state index contributed by atoms with van der Waals surface area (Å²) in [5.41, 5.74) is 2.54. The van der Waals surface area contributed by atoms with E-state index in [0.717, 1.165) is 24.2 Å². The number of quaternary nitrogens is 1. The van der Waals surface area contributed by atoms with Crippen molar-refractivity contribution in [2.75, 3.05) is 13.2 Å². The van der Waals surface area contributed by atoms with Crippen molar-refractivity contribution >= 4 is 10.8 Å². The maximum absolute atomic E-state index is 10.7. The molecule has 0 spiro atoms. The summed E-state index contributed by atoms with van der Waals surface area (Å²) >= 11 is 0. The molecule has 4 aromatic rings. The van der Waals surface area contributed by atoms with Crippen LogP contribution < -0.4 is 9.64 Å². The van der Waals surface area contributed by atoms with E-state index >= 15 is 0 Å². The van der Waals surface area contributed by atoms with Crippen LogP contribution in [-0.2, 0) is 13.1 Å². The Morgan fingerprint density at radius 1 is 0.667 bits per heavy atom. The maximum Gasteiger partial charge on any atom is 0.137 e. The Balaban J connectivity index is 1.39. The van der Waals surface area contributed by atoms with Gasteiger partial charge in [-0.1, -0.05) is 91.0 Å². The second kappa shape index (κ2) is 10.1. The Labute approximate surface area is 178 Å². The second-order valence-corrected chi connectivity index (χ2v) is 7.75. The summed E-state index contributed by atoms with van der Waals surface area (Å²) in [5, 5.41) is 13.0. The molecule has 0 radical (unpaired) electrons. The van der Waals surface area contributed by atoms with Crippen LogP contribution in [0.25, 0.3) is 10.8 Å². The van der Waals surface area contributed by atoms with Crippen LogP contribution in [0.4, 0.5) is 0 Å². The third kappa shape index (κ3) is 5.69. The fraction of sp³-hybridized carbons (Fsp3) is 0.185. The number of ether oxygens (including phenoxy) is 1. The molecule has 0 aliphatic carbocycles. The molecule has 0 saturated carbocycles. The molecule has 0 unspecified atom stereocenters. The first-order valence-electron chi connectivity index (χ1n) is 10.5. The van der Waals surface area contributed by atoms with Gasteiger partial charge in [0.25, 0.3) is 0 Å². The molecular formula is C27H28NO2+. The van der Waals surface area contributed by atoms with Gasteiger partial charge in [-0.05, 0) is 22.9 Å². The lowest BCUT2D eigenvalue weighted by Crippen LogP contribution is -3.10. The molecule has 0 aliphatic rings. The highest BCUT2D eigenvalue weighted by atomic mass is 16.5. The predicted octanol–water partition coefficient (Wildman–Crippen LogP) is 3.86. The highest BCUT2D eigenvalue weighted by Crippen LogP contribution is 2.20. The first kappa shape index (κ1) is 20.1. The van der Waals surface area contributed by atoms with Crippen molar-refractivity contribution in [3.05, 3.63) is 114 Å². The Morgan fingerprint density at radius 3 is 1.87 bits per heavy atom. The van der Waals surface area contributed by atoms with Crippen molar-refractivity contribution in [3.8, 4) is 5.75 Å². The van der Waals surface area contributed by atoms with Crippen LogP contribution in [0.2, 0.25) is 0 Å². The summed E-state index contributed by atoms with van der Waals surface area (Å²) in [6.07, 6.45) is -0.543. The number of hydrogen-bond acceptors (Lipinski definition) is 2. The van der Waals surface area contributed by atoms with Gasteiger partial charge in [0.1, 0.15) is 38.1 Å². The van der Waals surface area contributed by atoms with Crippen molar-refractivity contribution in [2.24, 2.45) is 0 Å². The lowest BCUT2D eigenvalue weighted by atomic mass is 10.1. The van der Waals surface area contributed by atoms with E-state index < -0.39 is 6.10 Å². The van der Waals surface area contributed by atoms with Crippen LogP contribution in [0, 0.1) is 0 Å². The van der Waals surface area contributed by atoms with E-state index in [-0.39, 0.29) is 6.61 Å². The van der Waals surface area contributed by atoms with Crippen molar-refractivity contribution in [3.63, 3.8) is 0 Å². The predicted molar refractivity (Wildman–Crippen MR) is 122 cm³/mol. The van der Waals surface area contributed by atoms with Gasteiger partial charge in [0.2, 0.25) is 0 Å². The molecule has 0 aliphatic heterocycles. The fourth-order valence-corrected chi connectivity index (χ4v) is 3.82. The lowest BCUT2D eigenvalue weighted by molar-refractivity contribution is -0.930. The molecule has 1 atom stereocenters. The van der Waals surface area contributed by atoms with Crippen molar-refractivity contribution in [2.45, 2.75) is 19.2 Å². The van der Waals surface area contributed by atoms with Crippen molar-refractivity contribution in [1.29, 1.82) is 0 Å². The molecule has 0 fully saturated rings. The second-order valence-electron chi connectivity index (χ2n) is 7.75. The smallest absolute Gasteiger partial charge is 0.137 e. The molecule has 0 amide bonds. The summed E-state index contributed by atoms with van der Waals surface area (Å²) < 4.78 is 5.91. The van der Waals surface area contributed by atoms with Crippen molar-refractivity contribution < 1.29 is 14.7 Å². The largest absolute Gasteiger partial charge is 0.491 e. The average Bonchev–Trinajstić information content (AvgIpc) is 2.79. The lowest BCUT2D eigenvalue weighted by Gasteiger charge is -2.23. The molecule has 0 heterocycles. The van der Waals surface area contributed by atoms with E-state index in [0.29, 0.717) is 6.54 Å². The fourth-order valence-electron chi connectivity index (χ4n) is 3.82. The van der Waals surface area contributed by atoms with Gasteiger partial charge >= 0.3 is 0 Å². The summed E-state index contributed by atoms with van der Waals surface area (Å²) in [6, 6.07) is 35.2. The van der Waals surface area contributed by atoms with Crippen LogP contribution in [-0.4, -0.2) is 24.4 Å². The molecule has 0 aromatic heterocycles. The number of aliphatic hydroxyl groups excluding tert-OH is 1. The number of rotatable bonds is 9. The molecule has 30 heavy (non-hydrogen) atoms. The molecule has 0 bridgehead atoms. The van der Waals surface area contributed by atoms with Crippen LogP contribution in [0.3, 0.4) is 0 Å². The van der Waals surface area contributed by atoms with Gasteiger partial charge in [0.15, 0.2) is 0 Å². The quantitative estimate of drug-likeness (QED) is 0.449. The number of benzene rings is 4. The van der Waals surface area contributed by atoms with Gasteiger partial charge in [-0.25, -0.2) is 0 Å². The minimum Gasteiger partial charge on any atom is -0.491 e. The molecule has 3 heteroatoms. The molecule has 152 valence electrons. The van der Waals surface area contributed by atoms with E-state index in [1.807, 2.05) is 36.4 Å². The van der Waals surface area contributed by atoms with Crippen molar-refractivity contribution in [1.82, 2.24) is 0 Å². The monoisotopic (exact) mass is 398 g/mol. The molecule has 4 aromatic carbocycles. The highest BCUT2D eigenvalue weighted by Gasteiger charge is 2.17. The summed E-state index contributed by atoms with van der Waals surface area (Å²) in [4.78, 5) is 1.31. The van der Waals surface area contributed by atoms with Crippen LogP contribution in [0.1, 0.15) is 11.1 Å². The number of nitrogens with one attached hydrogen (secondary N) is 1. The topological polar surface area (TPSA) is 33.9 Å². The van der Waals surface area contributed by atoms with Gasteiger partial charge in [-0.2, -0.15) is 0 Å². The first-order chi connectivity index (χ1) is 14.8. The first-order valence-corrected chi connectivity index (χ1v) is 10.5. The van der Waals surface area contributed by atoms with E-state index in [9.17, 15) is 5.11 Å². The van der Waals surface area contributed by atoms with Gasteiger partial charge in [-0.15, -0.1) is 0 Å². The number of fused-ring (bicyclic) bond motifs is 1. The van der Waals surface area contributed by atoms with E-state index in [2.05, 4.69) is 66.7 Å². The van der Waals surface area contributed by atoms with Crippen LogP contribution >= 0.6 is 0 Å². The SMILES string of the molecule is O[C@@H](COc1ccc2ccccc2c1)C[NH+](Cc1ccccc1)Cc1ccccc1. The van der Waals surface area contributed by atoms with Gasteiger partial charge in [0.05, 0.1) is 0 Å². The van der Waals surface area contributed by atoms with Gasteiger partial charge < -0.3 is 14.7 Å². The molecule has 0 saturated heterocycles. The summed E-state index contributed by atoms with van der Waals surface area (Å²) in [5.74, 6) is 0.792. The Kier molecular flexibility index (Phi) is 6.75. The number of aliphatic hydroxyl groups is 1. The van der Waals surface area contributed by atoms with E-state index in [1.54, 1.807) is 0 Å². The minimum atomic E-state index is -0.543. The maximum atomic E-state index is 10.7. The van der Waals surface area contributed by atoms with E-state index in [1.165, 1.54) is 21.4 Å². The Bertz CT molecular complexity index is 1010. The molecule has 4 rings (SSSR count). The highest BCUT2D eigenvalue weighted by molar-refractivity contribution is 5.83. The average molecular weight is 399 g/mol.